The first-order chi connectivity index (χ1) is 18.6. The lowest BCUT2D eigenvalue weighted by molar-refractivity contribution is -0.142. The molecule has 9 heteroatoms. The largest absolute Gasteiger partial charge is 0.496 e. The van der Waals surface area contributed by atoms with Crippen LogP contribution in [0.15, 0.2) is 78.9 Å². The highest BCUT2D eigenvalue weighted by molar-refractivity contribution is 5.89. The first-order valence-corrected chi connectivity index (χ1v) is 12.8. The number of aromatic nitrogens is 3. The molecule has 1 aliphatic heterocycles. The van der Waals surface area contributed by atoms with Crippen LogP contribution in [0.1, 0.15) is 30.0 Å². The van der Waals surface area contributed by atoms with Crippen LogP contribution >= 0.6 is 0 Å². The minimum absolute atomic E-state index is 0.0183. The van der Waals surface area contributed by atoms with Crippen LogP contribution in [0.4, 0.5) is 0 Å². The number of para-hydroxylation sites is 2. The average molecular weight is 514 g/mol. The Hall–Kier alpha value is -4.24. The Balaban J connectivity index is 1.50. The number of carbonyl (C=O) groups excluding carboxylic acids is 2. The lowest BCUT2D eigenvalue weighted by Crippen LogP contribution is -2.46. The van der Waals surface area contributed by atoms with Crippen LogP contribution in [0.2, 0.25) is 0 Å². The molecular formula is C29H31N5O4. The fraction of sp³-hybridized carbons (Fsp3) is 0.310. The number of ether oxygens (including phenoxy) is 2. The molecule has 1 fully saturated rings. The van der Waals surface area contributed by atoms with Crippen molar-refractivity contribution in [3.8, 4) is 5.75 Å². The van der Waals surface area contributed by atoms with Crippen molar-refractivity contribution in [3.63, 3.8) is 0 Å². The van der Waals surface area contributed by atoms with Gasteiger partial charge in [-0.1, -0.05) is 65.9 Å². The summed E-state index contributed by atoms with van der Waals surface area (Å²) in [5.74, 6) is 0.106. The molecule has 0 bridgehead atoms. The van der Waals surface area contributed by atoms with Gasteiger partial charge in [0.05, 0.1) is 25.3 Å². The maximum atomic E-state index is 14.0. The first kappa shape index (κ1) is 25.4. The highest BCUT2D eigenvalue weighted by Gasteiger charge is 2.33. The van der Waals surface area contributed by atoms with E-state index in [0.29, 0.717) is 30.0 Å². The van der Waals surface area contributed by atoms with Crippen LogP contribution in [0.3, 0.4) is 0 Å². The number of nitrogens with one attached hydrogen (secondary N) is 1. The van der Waals surface area contributed by atoms with Crippen molar-refractivity contribution in [2.75, 3.05) is 20.3 Å². The fourth-order valence-corrected chi connectivity index (χ4v) is 4.82. The van der Waals surface area contributed by atoms with Crippen molar-refractivity contribution in [2.45, 2.75) is 38.1 Å². The molecule has 0 radical (unpaired) electrons. The summed E-state index contributed by atoms with van der Waals surface area (Å²) in [4.78, 5) is 29.4. The smallest absolute Gasteiger partial charge is 0.247 e. The molecule has 1 aliphatic rings. The second-order valence-electron chi connectivity index (χ2n) is 9.26. The summed E-state index contributed by atoms with van der Waals surface area (Å²) in [6.07, 6.45) is 1.86. The van der Waals surface area contributed by atoms with Gasteiger partial charge in [-0.05, 0) is 36.6 Å². The SMILES string of the molecule is COc1ccccc1CN(C(=O)Cn1nnc2ccccc21)[C@H](C(=O)NC[C@H]1CCCO1)c1ccccc1. The molecule has 2 atom stereocenters. The molecule has 0 unspecified atom stereocenters. The summed E-state index contributed by atoms with van der Waals surface area (Å²) < 4.78 is 12.8. The van der Waals surface area contributed by atoms with Gasteiger partial charge in [0.1, 0.15) is 23.9 Å². The van der Waals surface area contributed by atoms with Gasteiger partial charge in [-0.25, -0.2) is 4.68 Å². The van der Waals surface area contributed by atoms with Gasteiger partial charge >= 0.3 is 0 Å². The Labute approximate surface area is 221 Å². The second-order valence-corrected chi connectivity index (χ2v) is 9.26. The summed E-state index contributed by atoms with van der Waals surface area (Å²) in [5.41, 5.74) is 2.95. The number of carbonyl (C=O) groups is 2. The minimum atomic E-state index is -0.871. The standard InChI is InChI=1S/C29H31N5O4/c1-37-26-16-8-5-12-22(26)19-33(27(35)20-34-25-15-7-6-14-24(25)31-32-34)28(21-10-3-2-4-11-21)29(36)30-18-23-13-9-17-38-23/h2-8,10-12,14-16,23,28H,9,13,17-20H2,1H3,(H,30,36)/t23-,28+/m1/s1. The third-order valence-electron chi connectivity index (χ3n) is 6.76. The van der Waals surface area contributed by atoms with E-state index < -0.39 is 6.04 Å². The molecule has 0 saturated carbocycles. The Morgan fingerprint density at radius 3 is 2.63 bits per heavy atom. The number of benzene rings is 3. The quantitative estimate of drug-likeness (QED) is 0.349. The topological polar surface area (TPSA) is 98.6 Å². The van der Waals surface area contributed by atoms with Crippen molar-refractivity contribution in [3.05, 3.63) is 90.0 Å². The van der Waals surface area contributed by atoms with Crippen LogP contribution < -0.4 is 10.1 Å². The Morgan fingerprint density at radius 1 is 1.08 bits per heavy atom. The molecule has 1 N–H and O–H groups in total. The van der Waals surface area contributed by atoms with Crippen LogP contribution in [0, 0.1) is 0 Å². The van der Waals surface area contributed by atoms with Crippen LogP contribution in [-0.2, 0) is 27.4 Å². The van der Waals surface area contributed by atoms with Gasteiger partial charge < -0.3 is 19.7 Å². The number of hydrogen-bond donors (Lipinski definition) is 1. The molecule has 196 valence electrons. The molecule has 38 heavy (non-hydrogen) atoms. The number of rotatable bonds is 10. The maximum Gasteiger partial charge on any atom is 0.247 e. The monoisotopic (exact) mass is 513 g/mol. The first-order valence-electron chi connectivity index (χ1n) is 12.8. The summed E-state index contributed by atoms with van der Waals surface area (Å²) in [6, 6.07) is 23.5. The van der Waals surface area contributed by atoms with Crippen molar-refractivity contribution in [1.82, 2.24) is 25.2 Å². The molecule has 2 heterocycles. The predicted molar refractivity (Wildman–Crippen MR) is 142 cm³/mol. The van der Waals surface area contributed by atoms with E-state index in [1.54, 1.807) is 16.7 Å². The molecule has 5 rings (SSSR count). The lowest BCUT2D eigenvalue weighted by Gasteiger charge is -2.32. The van der Waals surface area contributed by atoms with E-state index in [-0.39, 0.29) is 31.0 Å². The Morgan fingerprint density at radius 2 is 1.84 bits per heavy atom. The highest BCUT2D eigenvalue weighted by Crippen LogP contribution is 2.28. The van der Waals surface area contributed by atoms with Gasteiger partial charge in [-0.15, -0.1) is 5.10 Å². The molecule has 2 amide bonds. The van der Waals surface area contributed by atoms with Gasteiger partial charge in [-0.2, -0.15) is 0 Å². The normalized spacial score (nSPS) is 15.8. The lowest BCUT2D eigenvalue weighted by atomic mass is 10.0. The van der Waals surface area contributed by atoms with Crippen LogP contribution in [0.5, 0.6) is 5.75 Å². The van der Waals surface area contributed by atoms with Gasteiger partial charge in [-0.3, -0.25) is 9.59 Å². The van der Waals surface area contributed by atoms with E-state index in [0.717, 1.165) is 23.9 Å². The second kappa shape index (κ2) is 11.9. The van der Waals surface area contributed by atoms with Gasteiger partial charge in [0.15, 0.2) is 0 Å². The Bertz CT molecular complexity index is 1380. The molecular weight excluding hydrogens is 482 g/mol. The van der Waals surface area contributed by atoms with Crippen LogP contribution in [0.25, 0.3) is 11.0 Å². The minimum Gasteiger partial charge on any atom is -0.496 e. The van der Waals surface area contributed by atoms with E-state index in [1.165, 1.54) is 0 Å². The van der Waals surface area contributed by atoms with Gasteiger partial charge in [0.2, 0.25) is 11.8 Å². The van der Waals surface area contributed by atoms with Crippen LogP contribution in [-0.4, -0.2) is 58.1 Å². The van der Waals surface area contributed by atoms with Gasteiger partial charge in [0.25, 0.3) is 0 Å². The van der Waals surface area contributed by atoms with Crippen molar-refractivity contribution in [1.29, 1.82) is 0 Å². The predicted octanol–water partition coefficient (Wildman–Crippen LogP) is 3.51. The summed E-state index contributed by atoms with van der Waals surface area (Å²) >= 11 is 0. The zero-order chi connectivity index (χ0) is 26.3. The number of hydrogen-bond acceptors (Lipinski definition) is 6. The van der Waals surface area contributed by atoms with E-state index in [4.69, 9.17) is 9.47 Å². The third-order valence-corrected chi connectivity index (χ3v) is 6.76. The van der Waals surface area contributed by atoms with E-state index >= 15 is 0 Å². The zero-order valence-electron chi connectivity index (χ0n) is 21.3. The average Bonchev–Trinajstić information content (AvgIpc) is 3.63. The summed E-state index contributed by atoms with van der Waals surface area (Å²) in [7, 11) is 1.59. The third kappa shape index (κ3) is 5.68. The molecule has 1 saturated heterocycles. The molecule has 3 aromatic carbocycles. The van der Waals surface area contributed by atoms with Gasteiger partial charge in [0, 0.05) is 18.7 Å². The summed E-state index contributed by atoms with van der Waals surface area (Å²) in [6.45, 7) is 1.19. The van der Waals surface area contributed by atoms with Crippen molar-refractivity contribution in [2.24, 2.45) is 0 Å². The van der Waals surface area contributed by atoms with Crippen molar-refractivity contribution >= 4 is 22.8 Å². The zero-order valence-corrected chi connectivity index (χ0v) is 21.3. The maximum absolute atomic E-state index is 14.0. The highest BCUT2D eigenvalue weighted by atomic mass is 16.5. The molecule has 9 nitrogen and oxygen atoms in total. The van der Waals surface area contributed by atoms with Crippen molar-refractivity contribution < 1.29 is 19.1 Å². The number of methoxy groups -OCH3 is 1. The summed E-state index contributed by atoms with van der Waals surface area (Å²) in [5, 5.41) is 11.4. The van der Waals surface area contributed by atoms with E-state index in [9.17, 15) is 9.59 Å². The molecule has 1 aromatic heterocycles. The fourth-order valence-electron chi connectivity index (χ4n) is 4.82. The molecule has 0 spiro atoms. The van der Waals surface area contributed by atoms with E-state index in [2.05, 4.69) is 15.6 Å². The molecule has 4 aromatic rings. The molecule has 0 aliphatic carbocycles. The number of amides is 2. The number of fused-ring (bicyclic) bond motifs is 1. The Kier molecular flexibility index (Phi) is 7.94. The van der Waals surface area contributed by atoms with E-state index in [1.807, 2.05) is 78.9 Å². The number of nitrogens with zero attached hydrogens (tertiary/aromatic N) is 4.